The van der Waals surface area contributed by atoms with Crippen molar-refractivity contribution in [2.45, 2.75) is 44.0 Å². The van der Waals surface area contributed by atoms with E-state index in [9.17, 15) is 0 Å². The zero-order valence-electron chi connectivity index (χ0n) is 17.1. The molecule has 0 radical (unpaired) electrons. The van der Waals surface area contributed by atoms with Crippen molar-refractivity contribution >= 4 is 23.4 Å². The second-order valence-electron chi connectivity index (χ2n) is 7.17. The molecule has 0 fully saturated rings. The third-order valence-corrected chi connectivity index (χ3v) is 6.10. The first-order valence-electron chi connectivity index (χ1n) is 9.57. The van der Waals surface area contributed by atoms with Crippen LogP contribution in [0, 0.1) is 6.92 Å². The SMILES string of the molecule is Cc1c(Cl)cccc1-n1c(S[C@@H](C)c2nc(C(C)C)no2)nnc1-c1ccncc1. The summed E-state index contributed by atoms with van der Waals surface area (Å²) in [5, 5.41) is 14.3. The van der Waals surface area contributed by atoms with E-state index in [2.05, 4.69) is 25.3 Å². The molecule has 0 spiro atoms. The highest BCUT2D eigenvalue weighted by Gasteiger charge is 2.23. The van der Waals surface area contributed by atoms with Gasteiger partial charge >= 0.3 is 0 Å². The Balaban J connectivity index is 1.78. The van der Waals surface area contributed by atoms with Gasteiger partial charge in [-0.1, -0.05) is 48.4 Å². The van der Waals surface area contributed by atoms with E-state index >= 15 is 0 Å². The average molecular weight is 441 g/mol. The number of hydrogen-bond acceptors (Lipinski definition) is 7. The summed E-state index contributed by atoms with van der Waals surface area (Å²) in [6, 6.07) is 9.62. The molecule has 0 aliphatic carbocycles. The summed E-state index contributed by atoms with van der Waals surface area (Å²) in [6.45, 7) is 8.06. The quantitative estimate of drug-likeness (QED) is 0.358. The highest BCUT2D eigenvalue weighted by atomic mass is 35.5. The highest BCUT2D eigenvalue weighted by molar-refractivity contribution is 7.99. The van der Waals surface area contributed by atoms with Crippen molar-refractivity contribution in [3.05, 3.63) is 65.0 Å². The lowest BCUT2D eigenvalue weighted by molar-refractivity contribution is 0.373. The van der Waals surface area contributed by atoms with Crippen molar-refractivity contribution in [1.29, 1.82) is 0 Å². The second kappa shape index (κ2) is 8.57. The Hall–Kier alpha value is -2.71. The van der Waals surface area contributed by atoms with E-state index in [0.29, 0.717) is 27.7 Å². The maximum atomic E-state index is 6.41. The Bertz CT molecular complexity index is 1160. The molecule has 30 heavy (non-hydrogen) atoms. The lowest BCUT2D eigenvalue weighted by Gasteiger charge is -2.14. The summed E-state index contributed by atoms with van der Waals surface area (Å²) in [4.78, 5) is 8.62. The zero-order chi connectivity index (χ0) is 21.3. The van der Waals surface area contributed by atoms with Crippen LogP contribution >= 0.6 is 23.4 Å². The predicted molar refractivity (Wildman–Crippen MR) is 117 cm³/mol. The third-order valence-electron chi connectivity index (χ3n) is 4.66. The van der Waals surface area contributed by atoms with Crippen LogP contribution in [0.3, 0.4) is 0 Å². The van der Waals surface area contributed by atoms with E-state index in [0.717, 1.165) is 16.8 Å². The second-order valence-corrected chi connectivity index (χ2v) is 8.88. The van der Waals surface area contributed by atoms with Gasteiger partial charge in [0.25, 0.3) is 0 Å². The Kier molecular flexibility index (Phi) is 5.87. The van der Waals surface area contributed by atoms with Gasteiger partial charge in [-0.05, 0) is 43.7 Å². The van der Waals surface area contributed by atoms with Crippen LogP contribution < -0.4 is 0 Å². The smallest absolute Gasteiger partial charge is 0.239 e. The molecule has 0 aliphatic heterocycles. The molecule has 3 aromatic heterocycles. The summed E-state index contributed by atoms with van der Waals surface area (Å²) in [5.41, 5.74) is 2.78. The monoisotopic (exact) mass is 440 g/mol. The van der Waals surface area contributed by atoms with E-state index in [1.54, 1.807) is 12.4 Å². The number of aromatic nitrogens is 6. The van der Waals surface area contributed by atoms with E-state index in [1.807, 2.05) is 62.6 Å². The van der Waals surface area contributed by atoms with Gasteiger partial charge in [0.15, 0.2) is 16.8 Å². The number of hydrogen-bond donors (Lipinski definition) is 0. The fraction of sp³-hybridized carbons (Fsp3) is 0.286. The van der Waals surface area contributed by atoms with E-state index in [1.165, 1.54) is 11.8 Å². The fourth-order valence-electron chi connectivity index (χ4n) is 2.95. The predicted octanol–water partition coefficient (Wildman–Crippen LogP) is 5.65. The highest BCUT2D eigenvalue weighted by Crippen LogP contribution is 2.37. The van der Waals surface area contributed by atoms with Gasteiger partial charge in [0.2, 0.25) is 5.89 Å². The molecule has 0 saturated carbocycles. The van der Waals surface area contributed by atoms with Gasteiger partial charge < -0.3 is 4.52 Å². The van der Waals surface area contributed by atoms with Gasteiger partial charge in [-0.3, -0.25) is 9.55 Å². The lowest BCUT2D eigenvalue weighted by atomic mass is 10.2. The fourth-order valence-corrected chi connectivity index (χ4v) is 4.01. The molecular weight excluding hydrogens is 420 g/mol. The molecule has 0 unspecified atom stereocenters. The number of pyridine rings is 1. The van der Waals surface area contributed by atoms with Crippen LogP contribution in [-0.4, -0.2) is 29.9 Å². The van der Waals surface area contributed by atoms with Crippen molar-refractivity contribution in [2.24, 2.45) is 0 Å². The Morgan fingerprint density at radius 3 is 2.53 bits per heavy atom. The van der Waals surface area contributed by atoms with Gasteiger partial charge in [-0.15, -0.1) is 10.2 Å². The first-order chi connectivity index (χ1) is 14.5. The van der Waals surface area contributed by atoms with Crippen molar-refractivity contribution in [1.82, 2.24) is 29.9 Å². The van der Waals surface area contributed by atoms with Crippen molar-refractivity contribution in [3.63, 3.8) is 0 Å². The molecule has 0 aliphatic rings. The molecule has 4 rings (SSSR count). The maximum Gasteiger partial charge on any atom is 0.239 e. The summed E-state index contributed by atoms with van der Waals surface area (Å²) in [6.07, 6.45) is 3.47. The minimum absolute atomic E-state index is 0.0993. The van der Waals surface area contributed by atoms with Crippen LogP contribution in [0.2, 0.25) is 5.02 Å². The van der Waals surface area contributed by atoms with Crippen molar-refractivity contribution < 1.29 is 4.52 Å². The van der Waals surface area contributed by atoms with Gasteiger partial charge in [-0.2, -0.15) is 4.98 Å². The minimum atomic E-state index is -0.0993. The van der Waals surface area contributed by atoms with E-state index < -0.39 is 0 Å². The first-order valence-corrected chi connectivity index (χ1v) is 10.8. The van der Waals surface area contributed by atoms with E-state index in [-0.39, 0.29) is 11.2 Å². The molecule has 154 valence electrons. The van der Waals surface area contributed by atoms with Crippen molar-refractivity contribution in [2.75, 3.05) is 0 Å². The molecule has 9 heteroatoms. The maximum absolute atomic E-state index is 6.41. The van der Waals surface area contributed by atoms with Crippen LogP contribution in [0.5, 0.6) is 0 Å². The van der Waals surface area contributed by atoms with Gasteiger partial charge in [-0.25, -0.2) is 0 Å². The summed E-state index contributed by atoms with van der Waals surface area (Å²) >= 11 is 7.92. The molecule has 4 aromatic rings. The molecule has 3 heterocycles. The lowest BCUT2D eigenvalue weighted by Crippen LogP contribution is -2.03. The number of thioether (sulfide) groups is 1. The molecule has 7 nitrogen and oxygen atoms in total. The van der Waals surface area contributed by atoms with E-state index in [4.69, 9.17) is 16.1 Å². The molecular formula is C21H21ClN6OS. The largest absolute Gasteiger partial charge is 0.338 e. The molecule has 1 atom stereocenters. The molecule has 0 amide bonds. The number of rotatable bonds is 6. The zero-order valence-corrected chi connectivity index (χ0v) is 18.6. The molecule has 0 N–H and O–H groups in total. The number of benzene rings is 1. The molecule has 1 aromatic carbocycles. The van der Waals surface area contributed by atoms with Crippen LogP contribution in [-0.2, 0) is 0 Å². The summed E-state index contributed by atoms with van der Waals surface area (Å²) in [5.74, 6) is 2.18. The van der Waals surface area contributed by atoms with Crippen LogP contribution in [0.25, 0.3) is 17.1 Å². The number of halogens is 1. The number of nitrogens with zero attached hydrogens (tertiary/aromatic N) is 6. The van der Waals surface area contributed by atoms with Gasteiger partial charge in [0, 0.05) is 28.9 Å². The Labute approximate surface area is 183 Å². The normalized spacial score (nSPS) is 12.5. The summed E-state index contributed by atoms with van der Waals surface area (Å²) < 4.78 is 7.48. The standard InChI is InChI=1S/C21H21ClN6OS/c1-12(2)18-24-20(29-27-18)14(4)30-21-26-25-19(15-8-10-23-11-9-15)28(21)17-7-5-6-16(22)13(17)3/h5-12,14H,1-4H3/t14-/m0/s1. The van der Waals surface area contributed by atoms with Crippen LogP contribution in [0.1, 0.15) is 49.2 Å². The summed E-state index contributed by atoms with van der Waals surface area (Å²) in [7, 11) is 0. The van der Waals surface area contributed by atoms with Crippen LogP contribution in [0.4, 0.5) is 0 Å². The molecule has 0 bridgehead atoms. The Morgan fingerprint density at radius 1 is 1.07 bits per heavy atom. The third kappa shape index (κ3) is 3.97. The first kappa shape index (κ1) is 20.6. The van der Waals surface area contributed by atoms with Gasteiger partial charge in [0.1, 0.15) is 0 Å². The topological polar surface area (TPSA) is 82.5 Å². The van der Waals surface area contributed by atoms with Crippen LogP contribution in [0.15, 0.2) is 52.4 Å². The van der Waals surface area contributed by atoms with Gasteiger partial charge in [0.05, 0.1) is 10.9 Å². The minimum Gasteiger partial charge on any atom is -0.338 e. The molecule has 0 saturated heterocycles. The van der Waals surface area contributed by atoms with Crippen molar-refractivity contribution in [3.8, 4) is 17.1 Å². The average Bonchev–Trinajstić information content (AvgIpc) is 3.39. The Morgan fingerprint density at radius 2 is 1.83 bits per heavy atom.